The molecule has 0 spiro atoms. The standard InChI is InChI=1S/C24H29BrN2O2S/c1-16(18-12-11-17-7-3-4-8-19(17)15-18)26-24(29)22(13-14-30-2)27-23(28)20-9-5-6-10-21(20)25/h5-6,9-12,15-16,22H,3-4,7-8,13-14H2,1-2H3,(H,26,29)(H,27,28)/t16-,22-/m1/s1. The van der Waals surface area contributed by atoms with Crippen LogP contribution in [-0.2, 0) is 17.6 Å². The van der Waals surface area contributed by atoms with Crippen molar-refractivity contribution in [2.24, 2.45) is 0 Å². The molecule has 2 amide bonds. The summed E-state index contributed by atoms with van der Waals surface area (Å²) in [7, 11) is 0. The molecule has 6 heteroatoms. The molecule has 0 saturated carbocycles. The molecule has 2 aromatic rings. The van der Waals surface area contributed by atoms with Crippen LogP contribution >= 0.6 is 27.7 Å². The van der Waals surface area contributed by atoms with Gasteiger partial charge in [0.1, 0.15) is 6.04 Å². The Hall–Kier alpha value is -1.79. The lowest BCUT2D eigenvalue weighted by Crippen LogP contribution is -2.47. The van der Waals surface area contributed by atoms with E-state index in [2.05, 4.69) is 44.8 Å². The second-order valence-corrected chi connectivity index (χ2v) is 9.59. The van der Waals surface area contributed by atoms with Gasteiger partial charge in [-0.05, 0) is 95.8 Å². The van der Waals surface area contributed by atoms with Crippen molar-refractivity contribution in [3.8, 4) is 0 Å². The lowest BCUT2D eigenvalue weighted by Gasteiger charge is -2.23. The monoisotopic (exact) mass is 488 g/mol. The summed E-state index contributed by atoms with van der Waals surface area (Å²) in [5.74, 6) is 0.404. The van der Waals surface area contributed by atoms with E-state index in [1.165, 1.54) is 24.0 Å². The highest BCUT2D eigenvalue weighted by Gasteiger charge is 2.24. The maximum absolute atomic E-state index is 13.0. The van der Waals surface area contributed by atoms with Crippen molar-refractivity contribution in [3.05, 3.63) is 69.2 Å². The maximum Gasteiger partial charge on any atom is 0.253 e. The number of amides is 2. The van der Waals surface area contributed by atoms with Gasteiger partial charge >= 0.3 is 0 Å². The van der Waals surface area contributed by atoms with Crippen LogP contribution in [0.4, 0.5) is 0 Å². The molecule has 160 valence electrons. The van der Waals surface area contributed by atoms with Crippen LogP contribution in [-0.4, -0.2) is 29.9 Å². The quantitative estimate of drug-likeness (QED) is 0.545. The predicted octanol–water partition coefficient (Wildman–Crippen LogP) is 5.06. The molecule has 3 rings (SSSR count). The largest absolute Gasteiger partial charge is 0.348 e. The Bertz CT molecular complexity index is 903. The number of rotatable bonds is 8. The summed E-state index contributed by atoms with van der Waals surface area (Å²) < 4.78 is 0.717. The molecule has 0 bridgehead atoms. The number of hydrogen-bond donors (Lipinski definition) is 2. The minimum atomic E-state index is -0.572. The van der Waals surface area contributed by atoms with Crippen molar-refractivity contribution in [3.63, 3.8) is 0 Å². The smallest absolute Gasteiger partial charge is 0.253 e. The SMILES string of the molecule is CSCC[C@@H](NC(=O)c1ccccc1Br)C(=O)N[C@H](C)c1ccc2c(c1)CCCC2. The number of fused-ring (bicyclic) bond motifs is 1. The molecule has 1 aliphatic carbocycles. The van der Waals surface area contributed by atoms with E-state index in [1.54, 1.807) is 17.8 Å². The molecule has 0 aromatic heterocycles. The second-order valence-electron chi connectivity index (χ2n) is 7.75. The molecule has 0 saturated heterocycles. The normalized spacial score (nSPS) is 15.0. The van der Waals surface area contributed by atoms with Gasteiger partial charge in [-0.2, -0.15) is 11.8 Å². The van der Waals surface area contributed by atoms with Gasteiger partial charge in [0.15, 0.2) is 0 Å². The van der Waals surface area contributed by atoms with Crippen LogP contribution < -0.4 is 10.6 Å². The number of aryl methyl sites for hydroxylation is 2. The fraction of sp³-hybridized carbons (Fsp3) is 0.417. The fourth-order valence-electron chi connectivity index (χ4n) is 3.81. The molecule has 2 N–H and O–H groups in total. The average molecular weight is 489 g/mol. The number of carbonyl (C=O) groups excluding carboxylic acids is 2. The summed E-state index contributed by atoms with van der Waals surface area (Å²) in [6.45, 7) is 2.00. The highest BCUT2D eigenvalue weighted by atomic mass is 79.9. The molecular weight excluding hydrogens is 460 g/mol. The summed E-state index contributed by atoms with van der Waals surface area (Å²) in [6.07, 6.45) is 7.33. The highest BCUT2D eigenvalue weighted by Crippen LogP contribution is 2.25. The Morgan fingerprint density at radius 1 is 1.07 bits per heavy atom. The first-order valence-electron chi connectivity index (χ1n) is 10.5. The van der Waals surface area contributed by atoms with Crippen molar-refractivity contribution in [2.45, 2.75) is 51.1 Å². The van der Waals surface area contributed by atoms with E-state index in [0.717, 1.165) is 24.2 Å². The number of carbonyl (C=O) groups is 2. The van der Waals surface area contributed by atoms with Gasteiger partial charge in [-0.1, -0.05) is 30.3 Å². The van der Waals surface area contributed by atoms with Crippen LogP contribution in [0.2, 0.25) is 0 Å². The molecule has 0 radical (unpaired) electrons. The molecule has 0 fully saturated rings. The molecule has 30 heavy (non-hydrogen) atoms. The average Bonchev–Trinajstić information content (AvgIpc) is 2.76. The van der Waals surface area contributed by atoms with Crippen LogP contribution in [0, 0.1) is 0 Å². The minimum absolute atomic E-state index is 0.109. The molecule has 0 heterocycles. The molecular formula is C24H29BrN2O2S. The first-order chi connectivity index (χ1) is 14.5. The van der Waals surface area contributed by atoms with E-state index >= 15 is 0 Å². The van der Waals surface area contributed by atoms with Gasteiger partial charge in [0.2, 0.25) is 5.91 Å². The minimum Gasteiger partial charge on any atom is -0.348 e. The number of benzene rings is 2. The number of nitrogens with one attached hydrogen (secondary N) is 2. The predicted molar refractivity (Wildman–Crippen MR) is 128 cm³/mol. The lowest BCUT2D eigenvalue weighted by atomic mass is 9.89. The van der Waals surface area contributed by atoms with Crippen molar-refractivity contribution >= 4 is 39.5 Å². The van der Waals surface area contributed by atoms with Crippen molar-refractivity contribution in [1.29, 1.82) is 0 Å². The van der Waals surface area contributed by atoms with Crippen LogP contribution in [0.5, 0.6) is 0 Å². The Morgan fingerprint density at radius 3 is 2.53 bits per heavy atom. The zero-order valence-electron chi connectivity index (χ0n) is 17.5. The molecule has 4 nitrogen and oxygen atoms in total. The summed E-state index contributed by atoms with van der Waals surface area (Å²) >= 11 is 5.08. The molecule has 0 unspecified atom stereocenters. The van der Waals surface area contributed by atoms with E-state index in [0.29, 0.717) is 16.5 Å². The molecule has 0 aliphatic heterocycles. The van der Waals surface area contributed by atoms with Crippen molar-refractivity contribution < 1.29 is 9.59 Å². The third-order valence-electron chi connectivity index (χ3n) is 5.58. The first-order valence-corrected chi connectivity index (χ1v) is 12.6. The maximum atomic E-state index is 13.0. The molecule has 2 atom stereocenters. The van der Waals surface area contributed by atoms with Gasteiger partial charge in [0.05, 0.1) is 11.6 Å². The third kappa shape index (κ3) is 5.88. The topological polar surface area (TPSA) is 58.2 Å². The number of halogens is 1. The van der Waals surface area contributed by atoms with Gasteiger partial charge in [-0.25, -0.2) is 0 Å². The van der Waals surface area contributed by atoms with Crippen molar-refractivity contribution in [1.82, 2.24) is 10.6 Å². The van der Waals surface area contributed by atoms with Crippen LogP contribution in [0.1, 0.15) is 59.3 Å². The van der Waals surface area contributed by atoms with E-state index < -0.39 is 6.04 Å². The Balaban J connectivity index is 1.68. The Labute approximate surface area is 191 Å². The van der Waals surface area contributed by atoms with Gasteiger partial charge in [-0.15, -0.1) is 0 Å². The summed E-state index contributed by atoms with van der Waals surface area (Å²) in [5.41, 5.74) is 4.48. The van der Waals surface area contributed by atoms with Gasteiger partial charge in [0.25, 0.3) is 5.91 Å². The summed E-state index contributed by atoms with van der Waals surface area (Å²) in [4.78, 5) is 25.8. The Kier molecular flexibility index (Phi) is 8.40. The van der Waals surface area contributed by atoms with Gasteiger partial charge < -0.3 is 10.6 Å². The number of hydrogen-bond acceptors (Lipinski definition) is 3. The zero-order valence-corrected chi connectivity index (χ0v) is 19.9. The van der Waals surface area contributed by atoms with E-state index in [9.17, 15) is 9.59 Å². The van der Waals surface area contributed by atoms with Crippen molar-refractivity contribution in [2.75, 3.05) is 12.0 Å². The molecule has 1 aliphatic rings. The van der Waals surface area contributed by atoms with E-state index in [4.69, 9.17) is 0 Å². The van der Waals surface area contributed by atoms with Crippen LogP contribution in [0.25, 0.3) is 0 Å². The van der Waals surface area contributed by atoms with Gasteiger partial charge in [-0.3, -0.25) is 9.59 Å². The number of thioether (sulfide) groups is 1. The second kappa shape index (κ2) is 11.0. The van der Waals surface area contributed by atoms with E-state index in [1.807, 2.05) is 31.4 Å². The zero-order chi connectivity index (χ0) is 21.5. The lowest BCUT2D eigenvalue weighted by molar-refractivity contribution is -0.123. The Morgan fingerprint density at radius 2 is 1.80 bits per heavy atom. The fourth-order valence-corrected chi connectivity index (χ4v) is 4.74. The van der Waals surface area contributed by atoms with Crippen LogP contribution in [0.3, 0.4) is 0 Å². The highest BCUT2D eigenvalue weighted by molar-refractivity contribution is 9.10. The third-order valence-corrected chi connectivity index (χ3v) is 6.92. The molecule has 2 aromatic carbocycles. The summed E-state index contributed by atoms with van der Waals surface area (Å²) in [6, 6.07) is 13.1. The van der Waals surface area contributed by atoms with Crippen LogP contribution in [0.15, 0.2) is 46.9 Å². The summed E-state index contributed by atoms with van der Waals surface area (Å²) in [5, 5.41) is 6.03. The first kappa shape index (κ1) is 22.9. The van der Waals surface area contributed by atoms with Gasteiger partial charge in [0, 0.05) is 4.47 Å². The van der Waals surface area contributed by atoms with E-state index in [-0.39, 0.29) is 17.9 Å².